The molecule has 0 amide bonds. The van der Waals surface area contributed by atoms with Gasteiger partial charge in [0.05, 0.1) is 16.3 Å². The molecule has 0 aliphatic rings. The standard InChI is InChI=1S/C14H11N3O2S/c18-17(19)12-5-2-1-4-11(12)10-16-8-7-15-14(16)13-6-3-9-20-13/h1-9H,10H2. The lowest BCUT2D eigenvalue weighted by atomic mass is 10.2. The first-order valence-electron chi connectivity index (χ1n) is 6.03. The van der Waals surface area contributed by atoms with Crippen LogP contribution in [0.5, 0.6) is 0 Å². The minimum absolute atomic E-state index is 0.137. The fraction of sp³-hybridized carbons (Fsp3) is 0.0714. The van der Waals surface area contributed by atoms with Crippen molar-refractivity contribution in [2.75, 3.05) is 0 Å². The number of aromatic nitrogens is 2. The van der Waals surface area contributed by atoms with Crippen LogP contribution in [0, 0.1) is 10.1 Å². The number of nitro benzene ring substituents is 1. The number of thiophene rings is 1. The first-order valence-corrected chi connectivity index (χ1v) is 6.91. The molecular weight excluding hydrogens is 274 g/mol. The van der Waals surface area contributed by atoms with Crippen LogP contribution in [0.1, 0.15) is 5.56 Å². The van der Waals surface area contributed by atoms with E-state index in [0.29, 0.717) is 12.1 Å². The van der Waals surface area contributed by atoms with Crippen LogP contribution in [0.4, 0.5) is 5.69 Å². The van der Waals surface area contributed by atoms with Crippen LogP contribution >= 0.6 is 11.3 Å². The zero-order valence-electron chi connectivity index (χ0n) is 10.5. The van der Waals surface area contributed by atoms with E-state index in [9.17, 15) is 10.1 Å². The lowest BCUT2D eigenvalue weighted by molar-refractivity contribution is -0.385. The molecule has 3 rings (SSSR count). The predicted molar refractivity (Wildman–Crippen MR) is 77.7 cm³/mol. The van der Waals surface area contributed by atoms with E-state index in [1.165, 1.54) is 6.07 Å². The van der Waals surface area contributed by atoms with Gasteiger partial charge < -0.3 is 4.57 Å². The van der Waals surface area contributed by atoms with Crippen LogP contribution < -0.4 is 0 Å². The van der Waals surface area contributed by atoms with E-state index in [2.05, 4.69) is 4.98 Å². The zero-order chi connectivity index (χ0) is 13.9. The third kappa shape index (κ3) is 2.33. The highest BCUT2D eigenvalue weighted by Crippen LogP contribution is 2.25. The molecule has 3 aromatic rings. The molecule has 20 heavy (non-hydrogen) atoms. The second-order valence-electron chi connectivity index (χ2n) is 4.24. The van der Waals surface area contributed by atoms with Crippen molar-refractivity contribution < 1.29 is 4.92 Å². The van der Waals surface area contributed by atoms with Gasteiger partial charge in [0, 0.05) is 24.0 Å². The van der Waals surface area contributed by atoms with Crippen molar-refractivity contribution in [3.63, 3.8) is 0 Å². The Bertz CT molecular complexity index is 734. The van der Waals surface area contributed by atoms with Gasteiger partial charge in [0.15, 0.2) is 0 Å². The Morgan fingerprint density at radius 3 is 2.85 bits per heavy atom. The lowest BCUT2D eigenvalue weighted by Gasteiger charge is -2.07. The molecule has 0 N–H and O–H groups in total. The number of hydrogen-bond donors (Lipinski definition) is 0. The average Bonchev–Trinajstić information content (AvgIpc) is 3.09. The third-order valence-corrected chi connectivity index (χ3v) is 3.85. The van der Waals surface area contributed by atoms with Crippen LogP contribution in [0.15, 0.2) is 54.2 Å². The maximum atomic E-state index is 11.0. The van der Waals surface area contributed by atoms with Crippen molar-refractivity contribution in [1.82, 2.24) is 9.55 Å². The number of rotatable bonds is 4. The Morgan fingerprint density at radius 1 is 1.25 bits per heavy atom. The van der Waals surface area contributed by atoms with E-state index in [0.717, 1.165) is 10.7 Å². The van der Waals surface area contributed by atoms with Crippen molar-refractivity contribution in [3.8, 4) is 10.7 Å². The van der Waals surface area contributed by atoms with Gasteiger partial charge in [-0.15, -0.1) is 11.3 Å². The Kier molecular flexibility index (Phi) is 3.30. The first-order chi connectivity index (χ1) is 9.75. The average molecular weight is 285 g/mol. The molecule has 0 spiro atoms. The summed E-state index contributed by atoms with van der Waals surface area (Å²) in [4.78, 5) is 16.1. The maximum absolute atomic E-state index is 11.0. The predicted octanol–water partition coefficient (Wildman–Crippen LogP) is 3.57. The number of hydrogen-bond acceptors (Lipinski definition) is 4. The third-order valence-electron chi connectivity index (χ3n) is 2.99. The highest BCUT2D eigenvalue weighted by Gasteiger charge is 2.14. The SMILES string of the molecule is O=[N+]([O-])c1ccccc1Cn1ccnc1-c1cccs1. The molecule has 6 heteroatoms. The van der Waals surface area contributed by atoms with Gasteiger partial charge in [0.25, 0.3) is 5.69 Å². The summed E-state index contributed by atoms with van der Waals surface area (Å²) in [5.41, 5.74) is 0.812. The summed E-state index contributed by atoms with van der Waals surface area (Å²) in [5, 5.41) is 13.0. The van der Waals surface area contributed by atoms with E-state index in [1.54, 1.807) is 29.7 Å². The van der Waals surface area contributed by atoms with E-state index in [1.807, 2.05) is 34.3 Å². The summed E-state index contributed by atoms with van der Waals surface area (Å²) in [7, 11) is 0. The number of nitro groups is 1. The number of benzene rings is 1. The smallest absolute Gasteiger partial charge is 0.274 e. The minimum atomic E-state index is -0.350. The van der Waals surface area contributed by atoms with Crippen LogP contribution in [-0.2, 0) is 6.54 Å². The van der Waals surface area contributed by atoms with Gasteiger partial charge in [-0.3, -0.25) is 10.1 Å². The largest absolute Gasteiger partial charge is 0.326 e. The molecule has 1 aromatic carbocycles. The van der Waals surface area contributed by atoms with E-state index >= 15 is 0 Å². The van der Waals surface area contributed by atoms with Crippen molar-refractivity contribution in [2.24, 2.45) is 0 Å². The Hall–Kier alpha value is -2.47. The fourth-order valence-electron chi connectivity index (χ4n) is 2.07. The Morgan fingerprint density at radius 2 is 2.10 bits per heavy atom. The van der Waals surface area contributed by atoms with Gasteiger partial charge in [-0.2, -0.15) is 0 Å². The van der Waals surface area contributed by atoms with Gasteiger partial charge in [-0.1, -0.05) is 24.3 Å². The highest BCUT2D eigenvalue weighted by atomic mass is 32.1. The van der Waals surface area contributed by atoms with Gasteiger partial charge >= 0.3 is 0 Å². The summed E-state index contributed by atoms with van der Waals surface area (Å²) < 4.78 is 1.92. The minimum Gasteiger partial charge on any atom is -0.326 e. The van der Waals surface area contributed by atoms with Crippen LogP contribution in [0.2, 0.25) is 0 Å². The summed E-state index contributed by atoms with van der Waals surface area (Å²) in [6.07, 6.45) is 3.55. The molecular formula is C14H11N3O2S. The quantitative estimate of drug-likeness (QED) is 0.544. The monoisotopic (exact) mass is 285 g/mol. The topological polar surface area (TPSA) is 61.0 Å². The fourth-order valence-corrected chi connectivity index (χ4v) is 2.81. The first kappa shape index (κ1) is 12.6. The van der Waals surface area contributed by atoms with E-state index in [4.69, 9.17) is 0 Å². The van der Waals surface area contributed by atoms with Gasteiger partial charge in [-0.25, -0.2) is 4.98 Å². The van der Waals surface area contributed by atoms with Gasteiger partial charge in [-0.05, 0) is 11.4 Å². The summed E-state index contributed by atoms with van der Waals surface area (Å²) in [5.74, 6) is 0.832. The number of para-hydroxylation sites is 1. The molecule has 0 aliphatic heterocycles. The van der Waals surface area contributed by atoms with Crippen molar-refractivity contribution in [3.05, 3.63) is 69.8 Å². The molecule has 0 saturated heterocycles. The number of imidazole rings is 1. The number of nitrogens with zero attached hydrogens (tertiary/aromatic N) is 3. The highest BCUT2D eigenvalue weighted by molar-refractivity contribution is 7.13. The molecule has 0 unspecified atom stereocenters. The van der Waals surface area contributed by atoms with Crippen molar-refractivity contribution in [1.29, 1.82) is 0 Å². The van der Waals surface area contributed by atoms with Crippen LogP contribution in [-0.4, -0.2) is 14.5 Å². The van der Waals surface area contributed by atoms with Crippen molar-refractivity contribution >= 4 is 17.0 Å². The lowest BCUT2D eigenvalue weighted by Crippen LogP contribution is -2.03. The molecule has 0 saturated carbocycles. The summed E-state index contributed by atoms with van der Waals surface area (Å²) in [6.45, 7) is 0.435. The van der Waals surface area contributed by atoms with Crippen molar-refractivity contribution in [2.45, 2.75) is 6.54 Å². The second-order valence-corrected chi connectivity index (χ2v) is 5.19. The van der Waals surface area contributed by atoms with Crippen LogP contribution in [0.3, 0.4) is 0 Å². The molecule has 0 radical (unpaired) electrons. The molecule has 5 nitrogen and oxygen atoms in total. The van der Waals surface area contributed by atoms with E-state index < -0.39 is 0 Å². The summed E-state index contributed by atoms with van der Waals surface area (Å²) >= 11 is 1.60. The Labute approximate surface area is 119 Å². The van der Waals surface area contributed by atoms with Crippen LogP contribution in [0.25, 0.3) is 10.7 Å². The van der Waals surface area contributed by atoms with Gasteiger partial charge in [0.2, 0.25) is 0 Å². The molecule has 0 atom stereocenters. The Balaban J connectivity index is 1.97. The van der Waals surface area contributed by atoms with Gasteiger partial charge in [0.1, 0.15) is 5.82 Å². The molecule has 0 aliphatic carbocycles. The maximum Gasteiger partial charge on any atom is 0.274 e. The summed E-state index contributed by atoms with van der Waals surface area (Å²) in [6, 6.07) is 10.7. The molecule has 0 fully saturated rings. The zero-order valence-corrected chi connectivity index (χ0v) is 11.3. The van der Waals surface area contributed by atoms with E-state index in [-0.39, 0.29) is 10.6 Å². The molecule has 2 heterocycles. The molecule has 0 bridgehead atoms. The molecule has 2 aromatic heterocycles. The second kappa shape index (κ2) is 5.26. The molecule has 100 valence electrons. The normalized spacial score (nSPS) is 10.6.